The number of piperidine rings is 3. The first-order chi connectivity index (χ1) is 12.6. The van der Waals surface area contributed by atoms with E-state index in [0.717, 1.165) is 41.7 Å². The van der Waals surface area contributed by atoms with E-state index < -0.39 is 6.10 Å². The lowest BCUT2D eigenvalue weighted by atomic mass is 9.73. The molecule has 5 atom stereocenters. The van der Waals surface area contributed by atoms with Gasteiger partial charge in [0.2, 0.25) is 0 Å². The third-order valence-corrected chi connectivity index (χ3v) is 5.96. The summed E-state index contributed by atoms with van der Waals surface area (Å²) in [6, 6.07) is 8.08. The lowest BCUT2D eigenvalue weighted by Crippen LogP contribution is -2.54. The Morgan fingerprint density at radius 1 is 1.35 bits per heavy atom. The van der Waals surface area contributed by atoms with Crippen LogP contribution in [0.15, 0.2) is 43.1 Å². The molecule has 0 radical (unpaired) electrons. The molecule has 1 unspecified atom stereocenters. The first kappa shape index (κ1) is 17.5. The molecular formula is C22H28N2O2. The van der Waals surface area contributed by atoms with E-state index in [1.54, 1.807) is 6.20 Å². The van der Waals surface area contributed by atoms with Crippen LogP contribution in [0.25, 0.3) is 10.9 Å². The van der Waals surface area contributed by atoms with Crippen LogP contribution in [-0.4, -0.2) is 40.2 Å². The average molecular weight is 352 g/mol. The summed E-state index contributed by atoms with van der Waals surface area (Å²) in [6.45, 7) is 10.1. The van der Waals surface area contributed by atoms with Crippen LogP contribution in [0.5, 0.6) is 5.75 Å². The van der Waals surface area contributed by atoms with Crippen molar-refractivity contribution in [3.8, 4) is 5.75 Å². The molecule has 1 N–H and O–H groups in total. The summed E-state index contributed by atoms with van der Waals surface area (Å²) in [5, 5.41) is 12.2. The van der Waals surface area contributed by atoms with E-state index >= 15 is 0 Å². The number of aromatic nitrogens is 1. The van der Waals surface area contributed by atoms with Crippen molar-refractivity contribution in [3.05, 3.63) is 48.7 Å². The largest absolute Gasteiger partial charge is 0.491 e. The van der Waals surface area contributed by atoms with Crippen LogP contribution in [0.2, 0.25) is 0 Å². The number of rotatable bonds is 5. The topological polar surface area (TPSA) is 45.6 Å². The Hall–Kier alpha value is -1.91. The first-order valence-electron chi connectivity index (χ1n) is 9.67. The monoisotopic (exact) mass is 352 g/mol. The van der Waals surface area contributed by atoms with Gasteiger partial charge in [-0.1, -0.05) is 6.08 Å². The highest BCUT2D eigenvalue weighted by Gasteiger charge is 2.42. The number of hydrogen-bond acceptors (Lipinski definition) is 4. The molecule has 0 saturated carbocycles. The number of aliphatic hydroxyl groups excluding tert-OH is 1. The Labute approximate surface area is 155 Å². The first-order valence-corrected chi connectivity index (χ1v) is 9.67. The molecule has 26 heavy (non-hydrogen) atoms. The molecule has 0 spiro atoms. The fourth-order valence-corrected chi connectivity index (χ4v) is 4.66. The van der Waals surface area contributed by atoms with Crippen LogP contribution in [0, 0.1) is 11.8 Å². The van der Waals surface area contributed by atoms with E-state index in [1.807, 2.05) is 38.1 Å². The molecule has 0 aliphatic carbocycles. The molecule has 5 rings (SSSR count). The van der Waals surface area contributed by atoms with Crippen molar-refractivity contribution in [1.29, 1.82) is 0 Å². The molecule has 138 valence electrons. The van der Waals surface area contributed by atoms with Gasteiger partial charge in [0.15, 0.2) is 0 Å². The summed E-state index contributed by atoms with van der Waals surface area (Å²) in [5.74, 6) is 2.03. The highest BCUT2D eigenvalue weighted by Crippen LogP contribution is 2.42. The van der Waals surface area contributed by atoms with Gasteiger partial charge in [0.25, 0.3) is 0 Å². The average Bonchev–Trinajstić information content (AvgIpc) is 2.66. The fourth-order valence-electron chi connectivity index (χ4n) is 4.66. The maximum atomic E-state index is 11.3. The minimum Gasteiger partial charge on any atom is -0.491 e. The predicted octanol–water partition coefficient (Wildman–Crippen LogP) is 3.95. The zero-order chi connectivity index (χ0) is 18.3. The molecule has 3 saturated heterocycles. The second-order valence-corrected chi connectivity index (χ2v) is 7.94. The minimum absolute atomic E-state index is 0.119. The molecule has 1 aromatic heterocycles. The Bertz CT molecular complexity index is 804. The number of pyridine rings is 1. The van der Waals surface area contributed by atoms with Crippen LogP contribution in [0.4, 0.5) is 0 Å². The molecule has 4 nitrogen and oxygen atoms in total. The van der Waals surface area contributed by atoms with Crippen LogP contribution < -0.4 is 4.74 Å². The second kappa shape index (κ2) is 7.01. The standard InChI is InChI=1S/C22H28N2O2/c1-4-15-13-24-10-8-16(15)11-21(24)22(25)18-7-9-23-20-6-5-17(12-19(18)20)26-14(2)3/h4-7,9,12,14-16,21-22,25H,1,8,10-11,13H2,2-3H3/t15-,16-,21-,22+/m0/s1. The molecule has 2 aromatic rings. The van der Waals surface area contributed by atoms with Crippen LogP contribution in [0.3, 0.4) is 0 Å². The zero-order valence-electron chi connectivity index (χ0n) is 15.6. The Morgan fingerprint density at radius 3 is 2.88 bits per heavy atom. The van der Waals surface area contributed by atoms with Crippen molar-refractivity contribution in [2.24, 2.45) is 11.8 Å². The minimum atomic E-state index is -0.511. The zero-order valence-corrected chi connectivity index (χ0v) is 15.6. The van der Waals surface area contributed by atoms with Gasteiger partial charge in [0.1, 0.15) is 5.75 Å². The number of hydrogen-bond donors (Lipinski definition) is 1. The van der Waals surface area contributed by atoms with Crippen molar-refractivity contribution in [2.75, 3.05) is 13.1 Å². The summed E-state index contributed by atoms with van der Waals surface area (Å²) in [5.41, 5.74) is 1.86. The number of fused-ring (bicyclic) bond motifs is 4. The summed E-state index contributed by atoms with van der Waals surface area (Å²) < 4.78 is 5.85. The number of nitrogens with zero attached hydrogens (tertiary/aromatic N) is 2. The number of ether oxygens (including phenoxy) is 1. The van der Waals surface area contributed by atoms with Gasteiger partial charge < -0.3 is 9.84 Å². The van der Waals surface area contributed by atoms with Crippen molar-refractivity contribution < 1.29 is 9.84 Å². The Kier molecular flexibility index (Phi) is 4.72. The van der Waals surface area contributed by atoms with Crippen molar-refractivity contribution in [1.82, 2.24) is 9.88 Å². The fraction of sp³-hybridized carbons (Fsp3) is 0.500. The Morgan fingerprint density at radius 2 is 2.19 bits per heavy atom. The molecule has 3 aliphatic heterocycles. The molecule has 0 amide bonds. The molecule has 3 fully saturated rings. The maximum absolute atomic E-state index is 11.3. The van der Waals surface area contributed by atoms with Gasteiger partial charge in [-0.15, -0.1) is 6.58 Å². The molecule has 3 aliphatic rings. The Balaban J connectivity index is 1.66. The van der Waals surface area contributed by atoms with Gasteiger partial charge >= 0.3 is 0 Å². The molecule has 4 heterocycles. The van der Waals surface area contributed by atoms with Gasteiger partial charge in [-0.25, -0.2) is 0 Å². The van der Waals surface area contributed by atoms with E-state index in [-0.39, 0.29) is 12.1 Å². The van der Waals surface area contributed by atoms with Gasteiger partial charge in [-0.3, -0.25) is 9.88 Å². The van der Waals surface area contributed by atoms with Crippen molar-refractivity contribution >= 4 is 10.9 Å². The molecular weight excluding hydrogens is 324 g/mol. The summed E-state index contributed by atoms with van der Waals surface area (Å²) in [7, 11) is 0. The van der Waals surface area contributed by atoms with E-state index in [9.17, 15) is 5.11 Å². The van der Waals surface area contributed by atoms with E-state index in [0.29, 0.717) is 11.8 Å². The van der Waals surface area contributed by atoms with E-state index in [1.165, 1.54) is 6.42 Å². The highest BCUT2D eigenvalue weighted by molar-refractivity contribution is 5.84. The van der Waals surface area contributed by atoms with Gasteiger partial charge in [-0.05, 0) is 74.9 Å². The molecule has 4 heteroatoms. The summed E-state index contributed by atoms with van der Waals surface area (Å²) in [6.07, 6.45) is 5.74. The number of benzene rings is 1. The summed E-state index contributed by atoms with van der Waals surface area (Å²) in [4.78, 5) is 6.91. The summed E-state index contributed by atoms with van der Waals surface area (Å²) >= 11 is 0. The lowest BCUT2D eigenvalue weighted by molar-refractivity contribution is -0.0444. The van der Waals surface area contributed by atoms with Gasteiger partial charge in [0.05, 0.1) is 17.7 Å². The van der Waals surface area contributed by atoms with Gasteiger partial charge in [-0.2, -0.15) is 0 Å². The SMILES string of the molecule is C=C[C@H]1CN2CC[C@H]1C[C@H]2[C@H](O)c1ccnc2ccc(OC(C)C)cc12. The lowest BCUT2D eigenvalue weighted by Gasteiger charge is -2.50. The van der Waals surface area contributed by atoms with Crippen molar-refractivity contribution in [2.45, 2.75) is 44.9 Å². The van der Waals surface area contributed by atoms with Crippen LogP contribution >= 0.6 is 0 Å². The van der Waals surface area contributed by atoms with E-state index in [2.05, 4.69) is 22.5 Å². The normalized spacial score (nSPS) is 29.1. The van der Waals surface area contributed by atoms with Crippen LogP contribution in [0.1, 0.15) is 38.4 Å². The third kappa shape index (κ3) is 3.12. The molecule has 1 aromatic carbocycles. The smallest absolute Gasteiger partial charge is 0.120 e. The highest BCUT2D eigenvalue weighted by atomic mass is 16.5. The van der Waals surface area contributed by atoms with Crippen molar-refractivity contribution in [3.63, 3.8) is 0 Å². The van der Waals surface area contributed by atoms with E-state index in [4.69, 9.17) is 4.74 Å². The van der Waals surface area contributed by atoms with Gasteiger partial charge in [0, 0.05) is 24.2 Å². The maximum Gasteiger partial charge on any atom is 0.120 e. The second-order valence-electron chi connectivity index (χ2n) is 7.94. The van der Waals surface area contributed by atoms with Crippen LogP contribution in [-0.2, 0) is 0 Å². The number of aliphatic hydroxyl groups is 1. The molecule has 2 bridgehead atoms. The predicted molar refractivity (Wildman–Crippen MR) is 104 cm³/mol. The quantitative estimate of drug-likeness (QED) is 0.828. The third-order valence-electron chi connectivity index (χ3n) is 5.96.